The van der Waals surface area contributed by atoms with Crippen molar-refractivity contribution >= 4 is 11.9 Å². The molecule has 0 bridgehead atoms. The van der Waals surface area contributed by atoms with Crippen molar-refractivity contribution in [2.24, 2.45) is 0 Å². The highest BCUT2D eigenvalue weighted by molar-refractivity contribution is 5.89. The van der Waals surface area contributed by atoms with Crippen molar-refractivity contribution in [3.05, 3.63) is 66.0 Å². The van der Waals surface area contributed by atoms with Gasteiger partial charge in [-0.2, -0.15) is 0 Å². The normalized spacial score (nSPS) is 26.9. The van der Waals surface area contributed by atoms with Crippen LogP contribution in [0.4, 0.5) is 0 Å². The third-order valence-corrected chi connectivity index (χ3v) is 4.39. The second-order valence-electron chi connectivity index (χ2n) is 6.09. The van der Waals surface area contributed by atoms with Gasteiger partial charge in [0.2, 0.25) is 0 Å². The van der Waals surface area contributed by atoms with Gasteiger partial charge in [-0.15, -0.1) is 0 Å². The summed E-state index contributed by atoms with van der Waals surface area (Å²) >= 11 is 0. The maximum absolute atomic E-state index is 12.2. The summed E-state index contributed by atoms with van der Waals surface area (Å²) in [4.78, 5) is 28.3. The Balaban J connectivity index is 1.37. The molecule has 1 aromatic carbocycles. The van der Waals surface area contributed by atoms with Gasteiger partial charge in [0, 0.05) is 12.4 Å². The number of rotatable bonds is 4. The van der Waals surface area contributed by atoms with Gasteiger partial charge in [0.15, 0.2) is 12.2 Å². The highest BCUT2D eigenvalue weighted by Crippen LogP contribution is 2.31. The van der Waals surface area contributed by atoms with Crippen molar-refractivity contribution < 1.29 is 28.5 Å². The summed E-state index contributed by atoms with van der Waals surface area (Å²) in [7, 11) is 0. The van der Waals surface area contributed by atoms with E-state index < -0.39 is 36.4 Å². The first-order chi connectivity index (χ1) is 12.7. The lowest BCUT2D eigenvalue weighted by atomic mass is 10.1. The van der Waals surface area contributed by atoms with Gasteiger partial charge >= 0.3 is 11.9 Å². The molecule has 2 aliphatic heterocycles. The minimum Gasteiger partial charge on any atom is -0.453 e. The van der Waals surface area contributed by atoms with Gasteiger partial charge in [-0.3, -0.25) is 4.98 Å². The second kappa shape index (κ2) is 7.23. The Kier molecular flexibility index (Phi) is 4.64. The Morgan fingerprint density at radius 3 is 2.00 bits per heavy atom. The molecule has 26 heavy (non-hydrogen) atoms. The smallest absolute Gasteiger partial charge is 0.340 e. The topological polar surface area (TPSA) is 84.0 Å². The highest BCUT2D eigenvalue weighted by Gasteiger charge is 2.51. The Hall–Kier alpha value is -2.77. The largest absolute Gasteiger partial charge is 0.453 e. The lowest BCUT2D eigenvalue weighted by Crippen LogP contribution is -2.36. The summed E-state index contributed by atoms with van der Waals surface area (Å²) in [6, 6.07) is 12.0. The van der Waals surface area contributed by atoms with Crippen molar-refractivity contribution in [1.82, 2.24) is 4.98 Å². The Morgan fingerprint density at radius 1 is 0.846 bits per heavy atom. The zero-order chi connectivity index (χ0) is 17.9. The summed E-state index contributed by atoms with van der Waals surface area (Å²) in [6.07, 6.45) is 1.04. The molecule has 2 aliphatic rings. The summed E-state index contributed by atoms with van der Waals surface area (Å²) in [5.41, 5.74) is 0.828. The molecule has 0 radical (unpaired) electrons. The van der Waals surface area contributed by atoms with E-state index in [4.69, 9.17) is 18.9 Å². The minimum atomic E-state index is -0.548. The SMILES string of the molecule is O=C(O[C@H]1CO[C@H]2[C@@H]1OC[C@H]2OC(=O)c1cccnc1)c1ccccc1. The third-order valence-electron chi connectivity index (χ3n) is 4.39. The van der Waals surface area contributed by atoms with Crippen LogP contribution in [-0.4, -0.2) is 54.6 Å². The van der Waals surface area contributed by atoms with Crippen LogP contribution in [0.25, 0.3) is 0 Å². The molecule has 7 heteroatoms. The van der Waals surface area contributed by atoms with Gasteiger partial charge in [0.05, 0.1) is 24.3 Å². The van der Waals surface area contributed by atoms with Crippen LogP contribution in [0.2, 0.25) is 0 Å². The molecular formula is C19H17NO6. The third kappa shape index (κ3) is 3.31. The summed E-state index contributed by atoms with van der Waals surface area (Å²) < 4.78 is 22.4. The van der Waals surface area contributed by atoms with E-state index in [1.807, 2.05) is 6.07 Å². The average Bonchev–Trinajstić information content (AvgIpc) is 3.27. The van der Waals surface area contributed by atoms with Crippen molar-refractivity contribution in [2.45, 2.75) is 24.4 Å². The first-order valence-corrected chi connectivity index (χ1v) is 8.32. The highest BCUT2D eigenvalue weighted by atomic mass is 16.7. The Bertz CT molecular complexity index is 714. The van der Waals surface area contributed by atoms with Crippen LogP contribution < -0.4 is 0 Å². The van der Waals surface area contributed by atoms with E-state index in [9.17, 15) is 9.59 Å². The number of carbonyl (C=O) groups excluding carboxylic acids is 2. The maximum atomic E-state index is 12.2. The molecule has 2 fully saturated rings. The fourth-order valence-electron chi connectivity index (χ4n) is 3.10. The molecule has 0 aliphatic carbocycles. The van der Waals surface area contributed by atoms with Gasteiger partial charge in [0.25, 0.3) is 0 Å². The number of ether oxygens (including phenoxy) is 4. The maximum Gasteiger partial charge on any atom is 0.340 e. The van der Waals surface area contributed by atoms with Crippen LogP contribution in [0.5, 0.6) is 0 Å². The lowest BCUT2D eigenvalue weighted by Gasteiger charge is -2.17. The predicted octanol–water partition coefficient (Wildman–Crippen LogP) is 1.63. The number of hydrogen-bond acceptors (Lipinski definition) is 7. The molecule has 134 valence electrons. The number of nitrogens with zero attached hydrogens (tertiary/aromatic N) is 1. The van der Waals surface area contributed by atoms with Crippen molar-refractivity contribution in [2.75, 3.05) is 13.2 Å². The van der Waals surface area contributed by atoms with Gasteiger partial charge < -0.3 is 18.9 Å². The van der Waals surface area contributed by atoms with Crippen LogP contribution in [0.1, 0.15) is 20.7 Å². The van der Waals surface area contributed by atoms with E-state index in [0.717, 1.165) is 0 Å². The molecule has 4 atom stereocenters. The number of aromatic nitrogens is 1. The molecule has 0 unspecified atom stereocenters. The fraction of sp³-hybridized carbons (Fsp3) is 0.316. The van der Waals surface area contributed by atoms with Gasteiger partial charge in [0.1, 0.15) is 12.2 Å². The van der Waals surface area contributed by atoms with Crippen molar-refractivity contribution in [1.29, 1.82) is 0 Å². The molecule has 4 rings (SSSR count). The molecule has 2 saturated heterocycles. The summed E-state index contributed by atoms with van der Waals surface area (Å²) in [5, 5.41) is 0. The molecule has 0 N–H and O–H groups in total. The molecular weight excluding hydrogens is 338 g/mol. The van der Waals surface area contributed by atoms with E-state index in [2.05, 4.69) is 4.98 Å². The fourth-order valence-corrected chi connectivity index (χ4v) is 3.10. The molecule has 3 heterocycles. The van der Waals surface area contributed by atoms with Crippen LogP contribution in [0.3, 0.4) is 0 Å². The number of benzene rings is 1. The van der Waals surface area contributed by atoms with Crippen LogP contribution in [0.15, 0.2) is 54.9 Å². The number of hydrogen-bond donors (Lipinski definition) is 0. The molecule has 1 aromatic heterocycles. The van der Waals surface area contributed by atoms with Crippen LogP contribution in [0, 0.1) is 0 Å². The average molecular weight is 355 g/mol. The lowest BCUT2D eigenvalue weighted by molar-refractivity contribution is -0.0287. The predicted molar refractivity (Wildman–Crippen MR) is 88.6 cm³/mol. The number of fused-ring (bicyclic) bond motifs is 1. The standard InChI is InChI=1S/C19H17NO6/c21-18(12-5-2-1-3-6-12)25-14-10-23-17-15(11-24-16(14)17)26-19(22)13-7-4-8-20-9-13/h1-9,14-17H,10-11H2/t14-,15+,16+,17+/m0/s1. The number of carbonyl (C=O) groups is 2. The molecule has 2 aromatic rings. The Labute approximate surface area is 149 Å². The van der Waals surface area contributed by atoms with Crippen LogP contribution >= 0.6 is 0 Å². The number of pyridine rings is 1. The van der Waals surface area contributed by atoms with E-state index in [-0.39, 0.29) is 13.2 Å². The Morgan fingerprint density at radius 2 is 1.42 bits per heavy atom. The van der Waals surface area contributed by atoms with Gasteiger partial charge in [-0.25, -0.2) is 9.59 Å². The molecule has 7 nitrogen and oxygen atoms in total. The van der Waals surface area contributed by atoms with E-state index >= 15 is 0 Å². The summed E-state index contributed by atoms with van der Waals surface area (Å²) in [6.45, 7) is 0.398. The molecule has 0 spiro atoms. The van der Waals surface area contributed by atoms with Gasteiger partial charge in [-0.05, 0) is 24.3 Å². The molecule has 0 amide bonds. The second-order valence-corrected chi connectivity index (χ2v) is 6.09. The van der Waals surface area contributed by atoms with E-state index in [1.54, 1.807) is 42.6 Å². The summed E-state index contributed by atoms with van der Waals surface area (Å²) in [5.74, 6) is -0.917. The first kappa shape index (κ1) is 16.7. The quantitative estimate of drug-likeness (QED) is 0.771. The zero-order valence-corrected chi connectivity index (χ0v) is 13.8. The van der Waals surface area contributed by atoms with Crippen molar-refractivity contribution in [3.8, 4) is 0 Å². The monoisotopic (exact) mass is 355 g/mol. The minimum absolute atomic E-state index is 0.195. The van der Waals surface area contributed by atoms with Crippen LogP contribution in [-0.2, 0) is 18.9 Å². The van der Waals surface area contributed by atoms with E-state index in [0.29, 0.717) is 11.1 Å². The van der Waals surface area contributed by atoms with Crippen molar-refractivity contribution in [3.63, 3.8) is 0 Å². The molecule has 0 saturated carbocycles. The first-order valence-electron chi connectivity index (χ1n) is 8.32. The van der Waals surface area contributed by atoms with Gasteiger partial charge in [-0.1, -0.05) is 18.2 Å². The van der Waals surface area contributed by atoms with E-state index in [1.165, 1.54) is 6.20 Å². The number of esters is 2. The zero-order valence-electron chi connectivity index (χ0n) is 13.8.